The number of aliphatic hydroxyl groups is 4. The summed E-state index contributed by atoms with van der Waals surface area (Å²) in [5.41, 5.74) is -8.01. The Balaban J connectivity index is 1.35. The van der Waals surface area contributed by atoms with Gasteiger partial charge in [-0.3, -0.25) is 19.2 Å². The van der Waals surface area contributed by atoms with E-state index < -0.39 is 88.7 Å². The van der Waals surface area contributed by atoms with Crippen LogP contribution in [-0.4, -0.2) is 96.2 Å². The van der Waals surface area contributed by atoms with Crippen molar-refractivity contribution >= 4 is 23.1 Å². The summed E-state index contributed by atoms with van der Waals surface area (Å²) in [6.07, 6.45) is -1.75. The van der Waals surface area contributed by atoms with Crippen LogP contribution in [0.4, 0.5) is 0 Å². The van der Waals surface area contributed by atoms with Gasteiger partial charge in [0.2, 0.25) is 0 Å². The lowest BCUT2D eigenvalue weighted by Gasteiger charge is -2.53. The minimum Gasteiger partial charge on any atom is -0.507 e. The average Bonchev–Trinajstić information content (AvgIpc) is 2.92. The second-order valence-corrected chi connectivity index (χ2v) is 12.2. The molecule has 5 N–H and O–H groups in total. The highest BCUT2D eigenvalue weighted by Gasteiger charge is 2.67. The average molecular weight is 597 g/mol. The molecule has 12 nitrogen and oxygen atoms in total. The fourth-order valence-corrected chi connectivity index (χ4v) is 6.86. The third-order valence-electron chi connectivity index (χ3n) is 9.13. The number of ketones is 4. The molecule has 12 heteroatoms. The number of aliphatic hydroxyl groups excluding tert-OH is 2. The van der Waals surface area contributed by atoms with Crippen LogP contribution in [0.2, 0.25) is 0 Å². The van der Waals surface area contributed by atoms with E-state index in [9.17, 15) is 44.7 Å². The number of aromatic hydroxyl groups is 1. The van der Waals surface area contributed by atoms with Crippen molar-refractivity contribution in [3.8, 4) is 5.75 Å². The molecule has 0 unspecified atom stereocenters. The van der Waals surface area contributed by atoms with Gasteiger partial charge < -0.3 is 39.7 Å². The molecule has 0 radical (unpaired) electrons. The van der Waals surface area contributed by atoms with Crippen molar-refractivity contribution in [2.24, 2.45) is 0 Å². The normalized spacial score (nSPS) is 40.8. The molecular weight excluding hydrogens is 564 g/mol. The molecule has 228 valence electrons. The Morgan fingerprint density at radius 1 is 1.00 bits per heavy atom. The Morgan fingerprint density at radius 2 is 1.72 bits per heavy atom. The van der Waals surface area contributed by atoms with Crippen LogP contribution in [0.5, 0.6) is 5.75 Å². The summed E-state index contributed by atoms with van der Waals surface area (Å²) in [5.74, 6) is -3.56. The Morgan fingerprint density at radius 3 is 2.40 bits per heavy atom. The maximum atomic E-state index is 13.9. The first-order valence-corrected chi connectivity index (χ1v) is 14.0. The summed E-state index contributed by atoms with van der Waals surface area (Å²) in [6, 6.07) is 2.61. The van der Waals surface area contributed by atoms with Gasteiger partial charge in [-0.25, -0.2) is 0 Å². The van der Waals surface area contributed by atoms with Crippen molar-refractivity contribution in [3.63, 3.8) is 0 Å². The molecule has 6 rings (SSSR count). The molecule has 0 bridgehead atoms. The predicted molar refractivity (Wildman–Crippen MR) is 145 cm³/mol. The fourth-order valence-electron chi connectivity index (χ4n) is 6.86. The number of hydrogen-bond acceptors (Lipinski definition) is 12. The zero-order chi connectivity index (χ0) is 31.2. The van der Waals surface area contributed by atoms with Crippen LogP contribution in [0.1, 0.15) is 72.4 Å². The van der Waals surface area contributed by atoms with Crippen LogP contribution in [0.25, 0.3) is 0 Å². The van der Waals surface area contributed by atoms with Gasteiger partial charge in [-0.2, -0.15) is 0 Å². The summed E-state index contributed by atoms with van der Waals surface area (Å²) in [7, 11) is 0. The number of allylic oxidation sites excluding steroid dienone is 2. The molecule has 9 atom stereocenters. The molecule has 0 amide bonds. The first-order chi connectivity index (χ1) is 20.1. The number of carbonyl (C=O) groups excluding carboxylic acids is 4. The highest BCUT2D eigenvalue weighted by Crippen LogP contribution is 2.53. The molecule has 2 fully saturated rings. The summed E-state index contributed by atoms with van der Waals surface area (Å²) in [5, 5.41) is 55.1. The van der Waals surface area contributed by atoms with Gasteiger partial charge in [-0.15, -0.1) is 0 Å². The van der Waals surface area contributed by atoms with Gasteiger partial charge in [0.15, 0.2) is 35.0 Å². The zero-order valence-corrected chi connectivity index (χ0v) is 23.6. The molecule has 3 aliphatic carbocycles. The molecule has 0 spiro atoms. The smallest absolute Gasteiger partial charge is 0.198 e. The highest BCUT2D eigenvalue weighted by molar-refractivity contribution is 6.32. The molecule has 1 saturated heterocycles. The maximum Gasteiger partial charge on any atom is 0.198 e. The topological polar surface area (TPSA) is 197 Å². The number of rotatable bonds is 3. The van der Waals surface area contributed by atoms with E-state index in [4.69, 9.17) is 14.2 Å². The van der Waals surface area contributed by atoms with Crippen molar-refractivity contribution in [1.82, 2.24) is 0 Å². The molecule has 0 aromatic heterocycles. The number of ether oxygens (including phenoxy) is 3. The monoisotopic (exact) mass is 596 g/mol. The van der Waals surface area contributed by atoms with Crippen molar-refractivity contribution in [2.75, 3.05) is 0 Å². The Bertz CT molecular complexity index is 1540. The molecular formula is C31H32O12. The van der Waals surface area contributed by atoms with Crippen LogP contribution >= 0.6 is 0 Å². The van der Waals surface area contributed by atoms with Crippen LogP contribution in [0.3, 0.4) is 0 Å². The molecule has 5 aliphatic rings. The summed E-state index contributed by atoms with van der Waals surface area (Å²) >= 11 is 0. The molecule has 2 aliphatic heterocycles. The number of Topliss-reactive ketones (excluding diaryl/α,β-unsaturated/α-hetero) is 3. The van der Waals surface area contributed by atoms with Gasteiger partial charge in [0, 0.05) is 36.0 Å². The lowest BCUT2D eigenvalue weighted by Crippen LogP contribution is -2.69. The lowest BCUT2D eigenvalue weighted by atomic mass is 9.57. The van der Waals surface area contributed by atoms with E-state index in [1.807, 2.05) is 0 Å². The Labute approximate surface area is 245 Å². The standard InChI is InChI=1S/C31H32O12/c1-13-18(32)6-7-22(42-13)43-29(3)11-21(34)31(40)24-17(8-9-30(31,39)12-29)27(37)23-16(28(24)38)5-4-15(26(23)36)20-10-19(33)25(35)14(2)41-20/h4-9,13-14,19-20,22,25,33,35-36,39-40H,10-12H2,1-3H3/t13-,14+,19+,20+,22-,25+,29-,30-,31-/m0/s1. The first kappa shape index (κ1) is 29.7. The van der Waals surface area contributed by atoms with Crippen molar-refractivity contribution in [2.45, 2.75) is 93.6 Å². The largest absolute Gasteiger partial charge is 0.507 e. The van der Waals surface area contributed by atoms with Crippen molar-refractivity contribution in [1.29, 1.82) is 0 Å². The third-order valence-corrected chi connectivity index (χ3v) is 9.13. The van der Waals surface area contributed by atoms with Gasteiger partial charge in [0.05, 0.1) is 35.0 Å². The number of carbonyl (C=O) groups is 4. The second-order valence-electron chi connectivity index (χ2n) is 12.2. The van der Waals surface area contributed by atoms with E-state index in [2.05, 4.69) is 0 Å². The first-order valence-electron chi connectivity index (χ1n) is 14.0. The van der Waals surface area contributed by atoms with Crippen molar-refractivity contribution in [3.05, 3.63) is 64.3 Å². The predicted octanol–water partition coefficient (Wildman–Crippen LogP) is 0.680. The van der Waals surface area contributed by atoms with Crippen molar-refractivity contribution < 1.29 is 58.9 Å². The lowest BCUT2D eigenvalue weighted by molar-refractivity contribution is -0.237. The van der Waals surface area contributed by atoms with Gasteiger partial charge in [0.25, 0.3) is 0 Å². The minimum absolute atomic E-state index is 0.0765. The van der Waals surface area contributed by atoms with Gasteiger partial charge in [-0.05, 0) is 45.1 Å². The summed E-state index contributed by atoms with van der Waals surface area (Å²) in [6.45, 7) is 4.63. The fraction of sp³-hybridized carbons (Fsp3) is 0.484. The van der Waals surface area contributed by atoms with Crippen LogP contribution in [-0.2, 0) is 23.8 Å². The van der Waals surface area contributed by atoms with E-state index in [-0.39, 0.29) is 40.9 Å². The van der Waals surface area contributed by atoms with E-state index in [1.54, 1.807) is 13.8 Å². The Kier molecular flexibility index (Phi) is 6.79. The number of hydrogen-bond donors (Lipinski definition) is 5. The number of fused-ring (bicyclic) bond motifs is 3. The molecule has 2 heterocycles. The number of phenolic OH excluding ortho intramolecular Hbond substituents is 1. The SMILES string of the molecule is C[C@@H]1O[C@@H](O[C@@]2(C)CC(=O)[C@]3(O)C4=C(C=C[C@]3(O)C2)C(=O)c2c(ccc([C@H]3C[C@@H](O)[C@H](O)[C@@H](C)O3)c2O)C4=O)C=CC1=O. The second kappa shape index (κ2) is 9.83. The van der Waals surface area contributed by atoms with E-state index in [0.29, 0.717) is 0 Å². The summed E-state index contributed by atoms with van der Waals surface area (Å²) < 4.78 is 17.3. The van der Waals surface area contributed by atoms with Crippen LogP contribution in [0, 0.1) is 0 Å². The van der Waals surface area contributed by atoms with Gasteiger partial charge in [0.1, 0.15) is 23.6 Å². The minimum atomic E-state index is -2.80. The van der Waals surface area contributed by atoms with E-state index in [1.165, 1.54) is 31.2 Å². The molecule has 1 aromatic carbocycles. The van der Waals surface area contributed by atoms with Gasteiger partial charge in [-0.1, -0.05) is 12.1 Å². The number of phenols is 1. The zero-order valence-electron chi connectivity index (χ0n) is 23.6. The maximum absolute atomic E-state index is 13.9. The Hall–Kier alpha value is -3.36. The molecule has 1 aromatic rings. The molecule has 1 saturated carbocycles. The van der Waals surface area contributed by atoms with Crippen LogP contribution < -0.4 is 0 Å². The quantitative estimate of drug-likeness (QED) is 0.328. The third kappa shape index (κ3) is 4.32. The highest BCUT2D eigenvalue weighted by atomic mass is 16.7. The number of benzene rings is 1. The summed E-state index contributed by atoms with van der Waals surface area (Å²) in [4.78, 5) is 53.2. The van der Waals surface area contributed by atoms with Crippen LogP contribution in [0.15, 0.2) is 47.6 Å². The van der Waals surface area contributed by atoms with Gasteiger partial charge >= 0.3 is 0 Å². The molecule has 43 heavy (non-hydrogen) atoms. The van der Waals surface area contributed by atoms with E-state index in [0.717, 1.165) is 12.2 Å². The van der Waals surface area contributed by atoms with E-state index >= 15 is 0 Å².